The highest BCUT2D eigenvalue weighted by atomic mass is 35.5. The molecular weight excluding hydrogens is 345 g/mol. The lowest BCUT2D eigenvalue weighted by Gasteiger charge is -2.25. The van der Waals surface area contributed by atoms with Crippen molar-refractivity contribution in [3.8, 4) is 0 Å². The van der Waals surface area contributed by atoms with Crippen molar-refractivity contribution in [1.82, 2.24) is 15.1 Å². The third-order valence-electron chi connectivity index (χ3n) is 3.91. The van der Waals surface area contributed by atoms with Gasteiger partial charge in [0.15, 0.2) is 0 Å². The summed E-state index contributed by atoms with van der Waals surface area (Å²) >= 11 is 12.2. The molecule has 6 heteroatoms. The average Bonchev–Trinajstić information content (AvgIpc) is 2.76. The van der Waals surface area contributed by atoms with Gasteiger partial charge >= 0.3 is 0 Å². The first-order valence-electron chi connectivity index (χ1n) is 7.62. The largest absolute Gasteiger partial charge is 0.352 e. The second-order valence-electron chi connectivity index (χ2n) is 6.36. The van der Waals surface area contributed by atoms with Crippen LogP contribution >= 0.6 is 23.2 Å². The first-order chi connectivity index (χ1) is 11.2. The molecule has 0 saturated carbocycles. The molecule has 0 aliphatic rings. The summed E-state index contributed by atoms with van der Waals surface area (Å²) in [5.74, 6) is -0.176. The van der Waals surface area contributed by atoms with Crippen molar-refractivity contribution in [2.45, 2.75) is 26.2 Å². The maximum Gasteiger partial charge on any atom is 0.244 e. The molecule has 0 spiro atoms. The summed E-state index contributed by atoms with van der Waals surface area (Å²) in [7, 11) is 1.76. The Morgan fingerprint density at radius 2 is 2.08 bits per heavy atom. The summed E-state index contributed by atoms with van der Waals surface area (Å²) in [5.41, 5.74) is 2.38. The Balaban J connectivity index is 2.01. The summed E-state index contributed by atoms with van der Waals surface area (Å²) in [6, 6.07) is 7.67. The molecule has 0 radical (unpaired) electrons. The lowest BCUT2D eigenvalue weighted by atomic mass is 9.84. The van der Waals surface area contributed by atoms with Crippen molar-refractivity contribution in [3.63, 3.8) is 0 Å². The fourth-order valence-electron chi connectivity index (χ4n) is 2.37. The van der Waals surface area contributed by atoms with E-state index in [2.05, 4.69) is 24.3 Å². The molecular formula is C18H21Cl2N3O. The van der Waals surface area contributed by atoms with E-state index in [9.17, 15) is 4.79 Å². The van der Waals surface area contributed by atoms with E-state index < -0.39 is 0 Å². The molecule has 2 rings (SSSR count). The fraction of sp³-hybridized carbons (Fsp3) is 0.333. The van der Waals surface area contributed by atoms with Crippen molar-refractivity contribution in [1.29, 1.82) is 0 Å². The molecule has 1 aromatic heterocycles. The highest BCUT2D eigenvalue weighted by Gasteiger charge is 2.21. The highest BCUT2D eigenvalue weighted by molar-refractivity contribution is 6.31. The first-order valence-corrected chi connectivity index (χ1v) is 8.37. The molecule has 0 saturated heterocycles. The molecule has 4 nitrogen and oxygen atoms in total. The van der Waals surface area contributed by atoms with Crippen molar-refractivity contribution < 1.29 is 4.79 Å². The second kappa shape index (κ2) is 7.41. The minimum absolute atomic E-state index is 0.176. The molecule has 0 aliphatic heterocycles. The van der Waals surface area contributed by atoms with Crippen LogP contribution in [0, 0.1) is 6.92 Å². The van der Waals surface area contributed by atoms with Crippen molar-refractivity contribution >= 4 is 35.2 Å². The van der Waals surface area contributed by atoms with Crippen LogP contribution in [0.25, 0.3) is 6.08 Å². The van der Waals surface area contributed by atoms with E-state index in [0.29, 0.717) is 16.7 Å². The number of benzene rings is 1. The summed E-state index contributed by atoms with van der Waals surface area (Å²) in [6.07, 6.45) is 3.16. The lowest BCUT2D eigenvalue weighted by molar-refractivity contribution is -0.116. The molecule has 24 heavy (non-hydrogen) atoms. The molecule has 0 bridgehead atoms. The zero-order valence-electron chi connectivity index (χ0n) is 14.2. The van der Waals surface area contributed by atoms with Gasteiger partial charge in [-0.2, -0.15) is 5.10 Å². The Labute approximate surface area is 152 Å². The number of halogens is 2. The van der Waals surface area contributed by atoms with Crippen LogP contribution in [-0.4, -0.2) is 22.2 Å². The van der Waals surface area contributed by atoms with Gasteiger partial charge in [0.2, 0.25) is 5.91 Å². The second-order valence-corrected chi connectivity index (χ2v) is 7.15. The number of carbonyl (C=O) groups excluding carboxylic acids is 1. The van der Waals surface area contributed by atoms with Crippen LogP contribution in [0.4, 0.5) is 0 Å². The normalized spacial score (nSPS) is 11.9. The molecule has 0 fully saturated rings. The quantitative estimate of drug-likeness (QED) is 0.809. The van der Waals surface area contributed by atoms with Crippen LogP contribution in [0.3, 0.4) is 0 Å². The smallest absolute Gasteiger partial charge is 0.244 e. The van der Waals surface area contributed by atoms with Crippen LogP contribution < -0.4 is 5.32 Å². The minimum Gasteiger partial charge on any atom is -0.352 e. The van der Waals surface area contributed by atoms with Crippen molar-refractivity contribution in [2.24, 2.45) is 7.05 Å². The molecule has 0 unspecified atom stereocenters. The van der Waals surface area contributed by atoms with Gasteiger partial charge in [-0.05, 0) is 30.7 Å². The number of aromatic nitrogens is 2. The lowest BCUT2D eigenvalue weighted by Crippen LogP contribution is -2.35. The Kier molecular flexibility index (Phi) is 5.73. The van der Waals surface area contributed by atoms with E-state index >= 15 is 0 Å². The van der Waals surface area contributed by atoms with Crippen molar-refractivity contribution in [2.75, 3.05) is 6.54 Å². The minimum atomic E-state index is -0.226. The Hall–Kier alpha value is -1.78. The van der Waals surface area contributed by atoms with Gasteiger partial charge in [-0.25, -0.2) is 0 Å². The number of nitrogens with zero attached hydrogens (tertiary/aromatic N) is 2. The monoisotopic (exact) mass is 365 g/mol. The third kappa shape index (κ3) is 4.40. The fourth-order valence-corrected chi connectivity index (χ4v) is 2.80. The van der Waals surface area contributed by atoms with Gasteiger partial charge in [-0.3, -0.25) is 9.48 Å². The zero-order chi connectivity index (χ0) is 17.9. The maximum absolute atomic E-state index is 12.1. The Bertz CT molecular complexity index is 779. The third-order valence-corrected chi connectivity index (χ3v) is 4.59. The number of hydrogen-bond donors (Lipinski definition) is 1. The predicted octanol–water partition coefficient (Wildman–Crippen LogP) is 4.14. The summed E-state index contributed by atoms with van der Waals surface area (Å²) in [6.45, 7) is 6.47. The van der Waals surface area contributed by atoms with Crippen LogP contribution in [-0.2, 0) is 17.3 Å². The number of hydrogen-bond acceptors (Lipinski definition) is 2. The first kappa shape index (κ1) is 18.6. The number of rotatable bonds is 5. The predicted molar refractivity (Wildman–Crippen MR) is 99.5 cm³/mol. The summed E-state index contributed by atoms with van der Waals surface area (Å²) in [5, 5.41) is 8.33. The van der Waals surface area contributed by atoms with E-state index in [1.165, 1.54) is 6.08 Å². The topological polar surface area (TPSA) is 46.9 Å². The van der Waals surface area contributed by atoms with Crippen LogP contribution in [0.15, 0.2) is 30.3 Å². The van der Waals surface area contributed by atoms with Gasteiger partial charge in [-0.1, -0.05) is 49.2 Å². The van der Waals surface area contributed by atoms with Gasteiger partial charge in [0.1, 0.15) is 5.15 Å². The van der Waals surface area contributed by atoms with E-state index in [-0.39, 0.29) is 11.3 Å². The van der Waals surface area contributed by atoms with E-state index in [1.807, 2.05) is 31.2 Å². The van der Waals surface area contributed by atoms with Gasteiger partial charge in [0.05, 0.1) is 5.69 Å². The van der Waals surface area contributed by atoms with Gasteiger partial charge < -0.3 is 5.32 Å². The zero-order valence-corrected chi connectivity index (χ0v) is 15.7. The van der Waals surface area contributed by atoms with Gasteiger partial charge in [0, 0.05) is 35.7 Å². The SMILES string of the molecule is Cc1nn(C)c(Cl)c1/C=C/C(=O)NCC(C)(C)c1cccc(Cl)c1. The molecule has 1 amide bonds. The standard InChI is InChI=1S/C18H21Cl2N3O/c1-12-15(17(20)23(4)22-12)8-9-16(24)21-11-18(2,3)13-6-5-7-14(19)10-13/h5-10H,11H2,1-4H3,(H,21,24)/b9-8+. The molecule has 1 aromatic carbocycles. The molecule has 128 valence electrons. The van der Waals surface area contributed by atoms with Crippen molar-refractivity contribution in [3.05, 3.63) is 57.3 Å². The molecule has 2 aromatic rings. The summed E-state index contributed by atoms with van der Waals surface area (Å²) in [4.78, 5) is 12.1. The molecule has 1 heterocycles. The number of amides is 1. The number of aryl methyl sites for hydroxylation is 2. The van der Waals surface area contributed by atoms with E-state index in [1.54, 1.807) is 17.8 Å². The Morgan fingerprint density at radius 3 is 2.67 bits per heavy atom. The molecule has 0 atom stereocenters. The van der Waals surface area contributed by atoms with Crippen LogP contribution in [0.5, 0.6) is 0 Å². The van der Waals surface area contributed by atoms with E-state index in [0.717, 1.165) is 16.8 Å². The van der Waals surface area contributed by atoms with Crippen LogP contribution in [0.2, 0.25) is 10.2 Å². The maximum atomic E-state index is 12.1. The summed E-state index contributed by atoms with van der Waals surface area (Å²) < 4.78 is 1.58. The molecule has 0 aliphatic carbocycles. The van der Waals surface area contributed by atoms with E-state index in [4.69, 9.17) is 23.2 Å². The highest BCUT2D eigenvalue weighted by Crippen LogP contribution is 2.25. The van der Waals surface area contributed by atoms with Crippen LogP contribution in [0.1, 0.15) is 30.7 Å². The Morgan fingerprint density at radius 1 is 1.38 bits per heavy atom. The molecule has 1 N–H and O–H groups in total. The number of carbonyl (C=O) groups is 1. The average molecular weight is 366 g/mol. The van der Waals surface area contributed by atoms with Gasteiger partial charge in [-0.15, -0.1) is 0 Å². The van der Waals surface area contributed by atoms with Gasteiger partial charge in [0.25, 0.3) is 0 Å². The number of nitrogens with one attached hydrogen (secondary N) is 1.